The third kappa shape index (κ3) is 4.11. The van der Waals surface area contributed by atoms with E-state index in [9.17, 15) is 13.2 Å². The molecule has 0 unspecified atom stereocenters. The second-order valence-electron chi connectivity index (χ2n) is 6.25. The summed E-state index contributed by atoms with van der Waals surface area (Å²) in [5.74, 6) is 0.110. The predicted octanol–water partition coefficient (Wildman–Crippen LogP) is 2.83. The number of carbonyl (C=O) groups is 1. The van der Waals surface area contributed by atoms with Crippen molar-refractivity contribution in [3.63, 3.8) is 0 Å². The molecule has 1 aromatic carbocycles. The number of hydrogen-bond acceptors (Lipinski definition) is 4. The summed E-state index contributed by atoms with van der Waals surface area (Å²) in [6.45, 7) is 5.26. The zero-order valence-corrected chi connectivity index (χ0v) is 16.0. The summed E-state index contributed by atoms with van der Waals surface area (Å²) in [6.07, 6.45) is 1.20. The summed E-state index contributed by atoms with van der Waals surface area (Å²) in [6, 6.07) is 9.49. The minimum Gasteiger partial charge on any atom is -0.338 e. The van der Waals surface area contributed by atoms with Crippen LogP contribution in [0.25, 0.3) is 0 Å². The van der Waals surface area contributed by atoms with E-state index in [1.807, 2.05) is 38.1 Å². The van der Waals surface area contributed by atoms with Crippen LogP contribution in [0.3, 0.4) is 0 Å². The zero-order chi connectivity index (χ0) is 18.0. The first-order chi connectivity index (χ1) is 11.9. The summed E-state index contributed by atoms with van der Waals surface area (Å²) in [7, 11) is -3.54. The fourth-order valence-corrected chi connectivity index (χ4v) is 5.55. The number of nitrogens with one attached hydrogen (secondary N) is 1. The Morgan fingerprint density at radius 3 is 2.84 bits per heavy atom. The van der Waals surface area contributed by atoms with E-state index < -0.39 is 10.0 Å². The monoisotopic (exact) mass is 378 g/mol. The van der Waals surface area contributed by atoms with Gasteiger partial charge in [0.05, 0.1) is 0 Å². The largest absolute Gasteiger partial charge is 0.338 e. The van der Waals surface area contributed by atoms with Gasteiger partial charge >= 0.3 is 0 Å². The summed E-state index contributed by atoms with van der Waals surface area (Å²) >= 11 is 1.31. The van der Waals surface area contributed by atoms with E-state index in [0.717, 1.165) is 28.0 Å². The highest BCUT2D eigenvalue weighted by atomic mass is 32.2. The number of thiophene rings is 1. The summed E-state index contributed by atoms with van der Waals surface area (Å²) in [4.78, 5) is 14.7. The summed E-state index contributed by atoms with van der Waals surface area (Å²) in [5.41, 5.74) is 2.99. The molecule has 0 aliphatic carbocycles. The van der Waals surface area contributed by atoms with Crippen molar-refractivity contribution in [3.05, 3.63) is 51.9 Å². The van der Waals surface area contributed by atoms with E-state index in [4.69, 9.17) is 0 Å². The van der Waals surface area contributed by atoms with E-state index in [0.29, 0.717) is 23.7 Å². The maximum Gasteiger partial charge on any atom is 0.250 e. The second-order valence-corrected chi connectivity index (χ2v) is 9.38. The quantitative estimate of drug-likeness (QED) is 0.870. The molecule has 1 aromatic heterocycles. The van der Waals surface area contributed by atoms with Gasteiger partial charge in [-0.2, -0.15) is 0 Å². The number of nitrogens with zero attached hydrogens (tertiary/aromatic N) is 1. The Kier molecular flexibility index (Phi) is 5.27. The number of hydrogen-bond donors (Lipinski definition) is 1. The Morgan fingerprint density at radius 2 is 2.12 bits per heavy atom. The maximum absolute atomic E-state index is 12.6. The van der Waals surface area contributed by atoms with Crippen molar-refractivity contribution in [1.82, 2.24) is 9.62 Å². The van der Waals surface area contributed by atoms with Crippen molar-refractivity contribution in [2.75, 3.05) is 6.54 Å². The van der Waals surface area contributed by atoms with E-state index in [1.165, 1.54) is 11.3 Å². The average molecular weight is 379 g/mol. The molecule has 0 bridgehead atoms. The Labute approximate surface area is 152 Å². The fourth-order valence-electron chi connectivity index (χ4n) is 2.95. The lowest BCUT2D eigenvalue weighted by Gasteiger charge is -2.26. The van der Waals surface area contributed by atoms with Crippen molar-refractivity contribution in [1.29, 1.82) is 0 Å². The van der Waals surface area contributed by atoms with Gasteiger partial charge in [-0.3, -0.25) is 4.79 Å². The van der Waals surface area contributed by atoms with Gasteiger partial charge in [0.15, 0.2) is 0 Å². The molecule has 0 atom stereocenters. The van der Waals surface area contributed by atoms with Gasteiger partial charge in [-0.05, 0) is 30.5 Å². The topological polar surface area (TPSA) is 66.5 Å². The number of sulfonamides is 1. The molecule has 2 heterocycles. The van der Waals surface area contributed by atoms with E-state index in [1.54, 1.807) is 11.0 Å². The van der Waals surface area contributed by atoms with Crippen molar-refractivity contribution in [2.45, 2.75) is 44.0 Å². The van der Waals surface area contributed by atoms with Crippen molar-refractivity contribution in [2.24, 2.45) is 0 Å². The average Bonchev–Trinajstić information content (AvgIpc) is 3.03. The van der Waals surface area contributed by atoms with Crippen LogP contribution < -0.4 is 4.72 Å². The number of carbonyl (C=O) groups excluding carboxylic acids is 1. The molecule has 0 saturated heterocycles. The van der Waals surface area contributed by atoms with Crippen LogP contribution in [0, 0.1) is 6.92 Å². The predicted molar refractivity (Wildman–Crippen MR) is 98.9 cm³/mol. The van der Waals surface area contributed by atoms with Gasteiger partial charge in [0.2, 0.25) is 15.9 Å². The van der Waals surface area contributed by atoms with Crippen LogP contribution in [0.1, 0.15) is 34.9 Å². The van der Waals surface area contributed by atoms with Crippen molar-refractivity contribution < 1.29 is 13.2 Å². The zero-order valence-electron chi connectivity index (χ0n) is 14.4. The number of amides is 1. The Hall–Kier alpha value is -1.70. The van der Waals surface area contributed by atoms with Crippen LogP contribution in [0.4, 0.5) is 0 Å². The van der Waals surface area contributed by atoms with Crippen LogP contribution in [-0.2, 0) is 34.3 Å². The first-order valence-corrected chi connectivity index (χ1v) is 10.6. The molecule has 134 valence electrons. The first kappa shape index (κ1) is 18.1. The van der Waals surface area contributed by atoms with Gasteiger partial charge in [0.1, 0.15) is 4.21 Å². The minimum atomic E-state index is -3.54. The van der Waals surface area contributed by atoms with Crippen LogP contribution in [0.15, 0.2) is 34.5 Å². The fraction of sp³-hybridized carbons (Fsp3) is 0.389. The molecule has 1 aliphatic rings. The lowest BCUT2D eigenvalue weighted by atomic mass is 10.1. The molecule has 0 radical (unpaired) electrons. The van der Waals surface area contributed by atoms with E-state index >= 15 is 0 Å². The molecule has 1 amide bonds. The molecule has 0 fully saturated rings. The Morgan fingerprint density at radius 1 is 1.32 bits per heavy atom. The SMILES string of the molecule is CCC(=O)N1CCc2sc(S(=O)(=O)NCc3cccc(C)c3)cc2C1. The first-order valence-electron chi connectivity index (χ1n) is 8.33. The number of fused-ring (bicyclic) bond motifs is 1. The smallest absolute Gasteiger partial charge is 0.250 e. The third-order valence-corrected chi connectivity index (χ3v) is 7.42. The lowest BCUT2D eigenvalue weighted by molar-refractivity contribution is -0.131. The maximum atomic E-state index is 12.6. The van der Waals surface area contributed by atoms with Crippen LogP contribution in [-0.4, -0.2) is 25.8 Å². The summed E-state index contributed by atoms with van der Waals surface area (Å²) in [5, 5.41) is 0. The molecule has 0 spiro atoms. The highest BCUT2D eigenvalue weighted by Crippen LogP contribution is 2.31. The molecule has 3 rings (SSSR count). The van der Waals surface area contributed by atoms with Crippen LogP contribution >= 0.6 is 11.3 Å². The van der Waals surface area contributed by atoms with E-state index in [2.05, 4.69) is 4.72 Å². The number of aryl methyl sites for hydroxylation is 1. The molecule has 0 saturated carbocycles. The molecule has 7 heteroatoms. The van der Waals surface area contributed by atoms with Crippen molar-refractivity contribution in [3.8, 4) is 0 Å². The lowest BCUT2D eigenvalue weighted by Crippen LogP contribution is -2.34. The Bertz CT molecular complexity index is 887. The van der Waals surface area contributed by atoms with Crippen LogP contribution in [0.5, 0.6) is 0 Å². The molecular weight excluding hydrogens is 356 g/mol. The minimum absolute atomic E-state index is 0.110. The van der Waals surface area contributed by atoms with Crippen LogP contribution in [0.2, 0.25) is 0 Å². The van der Waals surface area contributed by atoms with Gasteiger partial charge in [-0.25, -0.2) is 13.1 Å². The van der Waals surface area contributed by atoms with Gasteiger partial charge in [-0.15, -0.1) is 11.3 Å². The second kappa shape index (κ2) is 7.27. The Balaban J connectivity index is 1.73. The van der Waals surface area contributed by atoms with E-state index in [-0.39, 0.29) is 12.5 Å². The van der Waals surface area contributed by atoms with Gasteiger partial charge < -0.3 is 4.90 Å². The van der Waals surface area contributed by atoms with Gasteiger partial charge in [-0.1, -0.05) is 36.8 Å². The van der Waals surface area contributed by atoms with Crippen molar-refractivity contribution >= 4 is 27.3 Å². The molecule has 5 nitrogen and oxygen atoms in total. The third-order valence-electron chi connectivity index (χ3n) is 4.31. The molecular formula is C18H22N2O3S2. The number of benzene rings is 1. The molecule has 1 N–H and O–H groups in total. The van der Waals surface area contributed by atoms with Gasteiger partial charge in [0.25, 0.3) is 0 Å². The highest BCUT2D eigenvalue weighted by molar-refractivity contribution is 7.91. The normalized spacial score (nSPS) is 14.4. The molecule has 2 aromatic rings. The standard InChI is InChI=1S/C18H22N2O3S2/c1-3-17(21)20-8-7-16-15(12-20)10-18(24-16)25(22,23)19-11-14-6-4-5-13(2)9-14/h4-6,9-10,19H,3,7-8,11-12H2,1-2H3. The highest BCUT2D eigenvalue weighted by Gasteiger charge is 2.25. The molecule has 25 heavy (non-hydrogen) atoms. The van der Waals surface area contributed by atoms with Gasteiger partial charge in [0, 0.05) is 30.9 Å². The number of rotatable bonds is 5. The molecule has 1 aliphatic heterocycles. The summed E-state index contributed by atoms with van der Waals surface area (Å²) < 4.78 is 28.2.